The van der Waals surface area contributed by atoms with Crippen LogP contribution in [0.15, 0.2) is 35.2 Å². The van der Waals surface area contributed by atoms with Gasteiger partial charge in [-0.1, -0.05) is 18.2 Å². The summed E-state index contributed by atoms with van der Waals surface area (Å²) in [6.07, 6.45) is -3.57. The molecule has 5 nitrogen and oxygen atoms in total. The van der Waals surface area contributed by atoms with Crippen molar-refractivity contribution in [2.75, 3.05) is 25.4 Å². The lowest BCUT2D eigenvalue weighted by Gasteiger charge is -2.37. The summed E-state index contributed by atoms with van der Waals surface area (Å²) in [6, 6.07) is 9.83. The SMILES string of the molecule is OC(CSc1ccccc1)CN1C[C@@H](O)C(O)[C@@H](O)C1. The second-order valence-electron chi connectivity index (χ2n) is 5.12. The first-order chi connectivity index (χ1) is 9.56. The second-order valence-corrected chi connectivity index (χ2v) is 6.22. The number of nitrogens with zero attached hydrogens (tertiary/aromatic N) is 1. The number of aliphatic hydroxyl groups is 4. The Morgan fingerprint density at radius 2 is 1.70 bits per heavy atom. The van der Waals surface area contributed by atoms with Gasteiger partial charge in [-0.05, 0) is 12.1 Å². The van der Waals surface area contributed by atoms with Crippen molar-refractivity contribution >= 4 is 11.8 Å². The van der Waals surface area contributed by atoms with Crippen molar-refractivity contribution in [3.05, 3.63) is 30.3 Å². The van der Waals surface area contributed by atoms with Crippen LogP contribution in [-0.2, 0) is 0 Å². The van der Waals surface area contributed by atoms with Crippen LogP contribution >= 0.6 is 11.8 Å². The van der Waals surface area contributed by atoms with Crippen molar-refractivity contribution in [1.82, 2.24) is 4.90 Å². The molecule has 1 aromatic rings. The van der Waals surface area contributed by atoms with Crippen molar-refractivity contribution in [2.45, 2.75) is 29.3 Å². The summed E-state index contributed by atoms with van der Waals surface area (Å²) < 4.78 is 0. The average molecular weight is 299 g/mol. The number of benzene rings is 1. The fourth-order valence-electron chi connectivity index (χ4n) is 2.29. The van der Waals surface area contributed by atoms with E-state index in [2.05, 4.69) is 0 Å². The predicted octanol–water partition coefficient (Wildman–Crippen LogP) is -0.462. The number of β-amino-alcohol motifs (C(OH)–C–C–N with tert-alkyl or cyclic N) is 3. The van der Waals surface area contributed by atoms with Gasteiger partial charge < -0.3 is 20.4 Å². The summed E-state index contributed by atoms with van der Waals surface area (Å²) in [7, 11) is 0. The highest BCUT2D eigenvalue weighted by Crippen LogP contribution is 2.19. The zero-order valence-electron chi connectivity index (χ0n) is 11.2. The van der Waals surface area contributed by atoms with Crippen molar-refractivity contribution in [3.63, 3.8) is 0 Å². The van der Waals surface area contributed by atoms with E-state index in [4.69, 9.17) is 0 Å². The molecule has 1 aromatic carbocycles. The Kier molecular flexibility index (Phi) is 5.83. The van der Waals surface area contributed by atoms with Crippen molar-refractivity contribution in [2.24, 2.45) is 0 Å². The summed E-state index contributed by atoms with van der Waals surface area (Å²) in [5, 5.41) is 38.7. The van der Waals surface area contributed by atoms with E-state index in [-0.39, 0.29) is 13.1 Å². The number of rotatable bonds is 5. The molecule has 2 unspecified atom stereocenters. The largest absolute Gasteiger partial charge is 0.391 e. The zero-order valence-corrected chi connectivity index (χ0v) is 12.0. The highest BCUT2D eigenvalue weighted by atomic mass is 32.2. The number of aliphatic hydroxyl groups excluding tert-OH is 4. The van der Waals surface area contributed by atoms with Crippen LogP contribution in [0.5, 0.6) is 0 Å². The smallest absolute Gasteiger partial charge is 0.108 e. The fourth-order valence-corrected chi connectivity index (χ4v) is 3.12. The maximum atomic E-state index is 10.0. The monoisotopic (exact) mass is 299 g/mol. The molecule has 4 atom stereocenters. The third kappa shape index (κ3) is 4.44. The van der Waals surface area contributed by atoms with Crippen molar-refractivity contribution in [1.29, 1.82) is 0 Å². The third-order valence-electron chi connectivity index (χ3n) is 3.33. The van der Waals surface area contributed by atoms with E-state index in [0.29, 0.717) is 12.3 Å². The number of thioether (sulfide) groups is 1. The predicted molar refractivity (Wildman–Crippen MR) is 77.6 cm³/mol. The molecule has 1 heterocycles. The Bertz CT molecular complexity index is 393. The molecule has 2 rings (SSSR count). The average Bonchev–Trinajstić information content (AvgIpc) is 2.43. The van der Waals surface area contributed by atoms with E-state index in [1.807, 2.05) is 30.3 Å². The molecular weight excluding hydrogens is 278 g/mol. The highest BCUT2D eigenvalue weighted by molar-refractivity contribution is 7.99. The van der Waals surface area contributed by atoms with Gasteiger partial charge in [0.05, 0.1) is 18.3 Å². The van der Waals surface area contributed by atoms with Crippen molar-refractivity contribution < 1.29 is 20.4 Å². The number of piperidine rings is 1. The molecule has 0 radical (unpaired) electrons. The fraction of sp³-hybridized carbons (Fsp3) is 0.571. The Morgan fingerprint density at radius 3 is 2.30 bits per heavy atom. The van der Waals surface area contributed by atoms with Gasteiger partial charge in [-0.2, -0.15) is 0 Å². The van der Waals surface area contributed by atoms with E-state index < -0.39 is 24.4 Å². The highest BCUT2D eigenvalue weighted by Gasteiger charge is 2.33. The van der Waals surface area contributed by atoms with Gasteiger partial charge in [0.25, 0.3) is 0 Å². The van der Waals surface area contributed by atoms with E-state index in [1.165, 1.54) is 0 Å². The van der Waals surface area contributed by atoms with Gasteiger partial charge in [0, 0.05) is 30.3 Å². The van der Waals surface area contributed by atoms with Crippen LogP contribution in [-0.4, -0.2) is 75.1 Å². The summed E-state index contributed by atoms with van der Waals surface area (Å²) in [4.78, 5) is 2.87. The minimum absolute atomic E-state index is 0.269. The number of hydrogen-bond donors (Lipinski definition) is 4. The molecule has 0 spiro atoms. The van der Waals surface area contributed by atoms with Crippen LogP contribution in [0.1, 0.15) is 0 Å². The van der Waals surface area contributed by atoms with Crippen LogP contribution in [0.4, 0.5) is 0 Å². The van der Waals surface area contributed by atoms with Gasteiger partial charge in [0.2, 0.25) is 0 Å². The molecular formula is C14H21NO4S. The van der Waals surface area contributed by atoms with Crippen LogP contribution in [0, 0.1) is 0 Å². The van der Waals surface area contributed by atoms with Crippen molar-refractivity contribution in [3.8, 4) is 0 Å². The van der Waals surface area contributed by atoms with Crippen LogP contribution in [0.2, 0.25) is 0 Å². The third-order valence-corrected chi connectivity index (χ3v) is 4.49. The Hall–Kier alpha value is -0.630. The van der Waals surface area contributed by atoms with E-state index in [0.717, 1.165) is 4.90 Å². The molecule has 0 bridgehead atoms. The summed E-state index contributed by atoms with van der Waals surface area (Å²) in [5.74, 6) is 0.551. The topological polar surface area (TPSA) is 84.2 Å². The maximum absolute atomic E-state index is 10.0. The number of likely N-dealkylation sites (tertiary alicyclic amines) is 1. The lowest BCUT2D eigenvalue weighted by molar-refractivity contribution is -0.113. The Morgan fingerprint density at radius 1 is 1.10 bits per heavy atom. The van der Waals surface area contributed by atoms with Crippen LogP contribution < -0.4 is 0 Å². The van der Waals surface area contributed by atoms with Gasteiger partial charge in [-0.3, -0.25) is 4.90 Å². The molecule has 112 valence electrons. The molecule has 1 aliphatic rings. The molecule has 1 aliphatic heterocycles. The van der Waals surface area contributed by atoms with Gasteiger partial charge in [-0.15, -0.1) is 11.8 Å². The molecule has 1 fully saturated rings. The second kappa shape index (κ2) is 7.40. The van der Waals surface area contributed by atoms with Crippen LogP contribution in [0.25, 0.3) is 0 Å². The Balaban J connectivity index is 1.76. The lowest BCUT2D eigenvalue weighted by Crippen LogP contribution is -2.56. The van der Waals surface area contributed by atoms with E-state index >= 15 is 0 Å². The Labute approximate surface area is 122 Å². The standard InChI is InChI=1S/C14H21NO4S/c16-10(9-20-11-4-2-1-3-5-11)6-15-7-12(17)14(19)13(18)8-15/h1-5,10,12-14,16-19H,6-9H2/t10?,12-,13+,14?. The molecule has 0 amide bonds. The molecule has 0 aliphatic carbocycles. The molecule has 4 N–H and O–H groups in total. The first kappa shape index (κ1) is 15.8. The summed E-state index contributed by atoms with van der Waals surface area (Å²) >= 11 is 1.57. The summed E-state index contributed by atoms with van der Waals surface area (Å²) in [6.45, 7) is 0.914. The first-order valence-electron chi connectivity index (χ1n) is 6.68. The zero-order chi connectivity index (χ0) is 14.5. The maximum Gasteiger partial charge on any atom is 0.108 e. The van der Waals surface area contributed by atoms with E-state index in [9.17, 15) is 20.4 Å². The van der Waals surface area contributed by atoms with Gasteiger partial charge >= 0.3 is 0 Å². The van der Waals surface area contributed by atoms with Gasteiger partial charge in [-0.25, -0.2) is 0 Å². The van der Waals surface area contributed by atoms with Gasteiger partial charge in [0.15, 0.2) is 0 Å². The molecule has 1 saturated heterocycles. The van der Waals surface area contributed by atoms with Gasteiger partial charge in [0.1, 0.15) is 6.10 Å². The molecule has 0 aromatic heterocycles. The normalized spacial score (nSPS) is 29.3. The van der Waals surface area contributed by atoms with E-state index in [1.54, 1.807) is 16.7 Å². The minimum Gasteiger partial charge on any atom is -0.391 e. The molecule has 20 heavy (non-hydrogen) atoms. The summed E-state index contributed by atoms with van der Waals surface area (Å²) in [5.41, 5.74) is 0. The number of hydrogen-bond acceptors (Lipinski definition) is 6. The lowest BCUT2D eigenvalue weighted by atomic mass is 10.0. The minimum atomic E-state index is -1.10. The quantitative estimate of drug-likeness (QED) is 0.551. The van der Waals surface area contributed by atoms with Crippen LogP contribution in [0.3, 0.4) is 0 Å². The first-order valence-corrected chi connectivity index (χ1v) is 7.67. The molecule has 6 heteroatoms. The molecule has 0 saturated carbocycles.